The summed E-state index contributed by atoms with van der Waals surface area (Å²) in [5, 5.41) is 13.4. The Kier molecular flexibility index (Phi) is 11.6. The van der Waals surface area contributed by atoms with Crippen LogP contribution in [0.1, 0.15) is 0 Å². The summed E-state index contributed by atoms with van der Waals surface area (Å²) in [6.45, 7) is 0. The lowest BCUT2D eigenvalue weighted by molar-refractivity contribution is 0.836. The Morgan fingerprint density at radius 1 is 0.253 bits per heavy atom. The summed E-state index contributed by atoms with van der Waals surface area (Å²) in [5.41, 5.74) is 24.8. The Morgan fingerprint density at radius 3 is 1.41 bits per heavy atom. The average Bonchev–Trinajstić information content (AvgIpc) is 1.62. The maximum absolute atomic E-state index is 15.0. The van der Waals surface area contributed by atoms with Gasteiger partial charge >= 0.3 is 11.4 Å². The van der Waals surface area contributed by atoms with E-state index in [4.69, 9.17) is 9.97 Å². The third-order valence-electron chi connectivity index (χ3n) is 21.1. The van der Waals surface area contributed by atoms with Crippen LogP contribution in [-0.2, 0) is 7.05 Å². The summed E-state index contributed by atoms with van der Waals surface area (Å²) in [5.74, 6) is 0. The molecule has 4 aromatic heterocycles. The first-order valence-corrected chi connectivity index (χ1v) is 33.6. The molecule has 0 bridgehead atoms. The van der Waals surface area contributed by atoms with Gasteiger partial charge in [-0.1, -0.05) is 224 Å². The van der Waals surface area contributed by atoms with Crippen molar-refractivity contribution in [1.82, 2.24) is 27.9 Å². The predicted octanol–water partition coefficient (Wildman–Crippen LogP) is 21.9. The van der Waals surface area contributed by atoms with E-state index in [-0.39, 0.29) is 11.4 Å². The van der Waals surface area contributed by atoms with E-state index >= 15 is 4.79 Å². The Balaban J connectivity index is 0.755. The zero-order valence-electron chi connectivity index (χ0n) is 53.4. The van der Waals surface area contributed by atoms with E-state index in [1.807, 2.05) is 90.5 Å². The van der Waals surface area contributed by atoms with Gasteiger partial charge in [0.2, 0.25) is 0 Å². The molecule has 1 aliphatic carbocycles. The number of rotatable bonds is 7. The first-order chi connectivity index (χ1) is 48.9. The van der Waals surface area contributed by atoms with Gasteiger partial charge in [0.1, 0.15) is 0 Å². The van der Waals surface area contributed by atoms with Crippen LogP contribution in [0.3, 0.4) is 0 Å². The highest BCUT2D eigenvalue weighted by Gasteiger charge is 2.32. The van der Waals surface area contributed by atoms with Crippen LogP contribution in [0.4, 0.5) is 0 Å². The van der Waals surface area contributed by atoms with E-state index in [9.17, 15) is 4.79 Å². The van der Waals surface area contributed by atoms with Gasteiger partial charge in [0.25, 0.3) is 0 Å². The molecule has 460 valence electrons. The second-order valence-electron chi connectivity index (χ2n) is 26.3. The lowest BCUT2D eigenvalue weighted by Gasteiger charge is -2.21. The molecule has 0 spiro atoms. The zero-order valence-corrected chi connectivity index (χ0v) is 53.4. The molecule has 21 rings (SSSR count). The monoisotopic (exact) mass is 1260 g/mol. The minimum Gasteiger partial charge on any atom is -0.296 e. The molecule has 8 nitrogen and oxygen atoms in total. The van der Waals surface area contributed by atoms with Crippen molar-refractivity contribution in [2.24, 2.45) is 7.05 Å². The Labute approximate surface area is 565 Å². The second-order valence-corrected chi connectivity index (χ2v) is 26.3. The molecular formula is C91H54N6O2. The molecule has 0 atom stereocenters. The molecule has 0 amide bonds. The smallest absolute Gasteiger partial charge is 0.296 e. The molecule has 4 heterocycles. The molecule has 16 aromatic carbocycles. The van der Waals surface area contributed by atoms with E-state index in [1.165, 1.54) is 54.9 Å². The summed E-state index contributed by atoms with van der Waals surface area (Å²) < 4.78 is 7.09. The molecule has 20 aromatic rings. The third-order valence-corrected chi connectivity index (χ3v) is 21.1. The number of para-hydroxylation sites is 5. The number of aryl methyl sites for hydroxylation is 1. The second kappa shape index (κ2) is 20.8. The maximum Gasteiger partial charge on any atom is 0.339 e. The van der Waals surface area contributed by atoms with Crippen molar-refractivity contribution in [3.05, 3.63) is 330 Å². The number of benzene rings is 16. The largest absolute Gasteiger partial charge is 0.339 e. The van der Waals surface area contributed by atoms with Crippen LogP contribution < -0.4 is 11.4 Å². The number of imidazole rings is 2. The van der Waals surface area contributed by atoms with Gasteiger partial charge < -0.3 is 0 Å². The minimum absolute atomic E-state index is 0.129. The van der Waals surface area contributed by atoms with Crippen molar-refractivity contribution in [1.29, 1.82) is 0 Å². The first-order valence-electron chi connectivity index (χ1n) is 33.6. The summed E-state index contributed by atoms with van der Waals surface area (Å²) in [6.07, 6.45) is 0. The molecule has 1 aliphatic rings. The van der Waals surface area contributed by atoms with Gasteiger partial charge in [-0.2, -0.15) is 0 Å². The number of fused-ring (bicyclic) bond motifs is 19. The standard InChI is InChI=1S/C91H54N6O2/c1-94-81-49-57(40-43-68(81)88-92-77-35-15-17-37-79(77)96(88)90(94)98)61-45-46-71-85-65(61)33-20-34-70(85)86-83(54-23-7-3-8-24-54)66-31-13-14-32-67(66)84(87(71)86)59-26-19-25-55(47-59)56-39-42-64-74(48-56)72(53-21-5-2-6-22-53)51-75-63-30-12-11-29-62(63)73(52-76(64)75)58-41-44-69-82(50-58)95(60-27-9-4-10-28-60)91(99)97-80-38-18-16-36-78(80)93-89(69)97/h2-52H,1H3. The number of hydrogen-bond donors (Lipinski definition) is 0. The fraction of sp³-hybridized carbons (Fsp3) is 0.0110. The van der Waals surface area contributed by atoms with E-state index in [0.717, 1.165) is 138 Å². The molecule has 0 unspecified atom stereocenters. The normalized spacial score (nSPS) is 12.2. The van der Waals surface area contributed by atoms with Gasteiger partial charge in [0, 0.05) is 17.8 Å². The van der Waals surface area contributed by atoms with Crippen LogP contribution in [0, 0.1) is 0 Å². The maximum atomic E-state index is 15.0. The molecule has 0 aliphatic heterocycles. The number of aromatic nitrogens is 6. The fourth-order valence-corrected chi connectivity index (χ4v) is 16.7. The van der Waals surface area contributed by atoms with Crippen LogP contribution >= 0.6 is 0 Å². The molecule has 0 fully saturated rings. The van der Waals surface area contributed by atoms with E-state index in [0.29, 0.717) is 11.3 Å². The summed E-state index contributed by atoms with van der Waals surface area (Å²) in [6, 6.07) is 111. The average molecular weight is 1260 g/mol. The van der Waals surface area contributed by atoms with Crippen molar-refractivity contribution in [2.75, 3.05) is 0 Å². The lowest BCUT2D eigenvalue weighted by Crippen LogP contribution is -2.25. The highest BCUT2D eigenvalue weighted by molar-refractivity contribution is 6.30. The van der Waals surface area contributed by atoms with Crippen LogP contribution in [0.25, 0.3) is 204 Å². The van der Waals surface area contributed by atoms with Gasteiger partial charge in [0.05, 0.1) is 38.8 Å². The Morgan fingerprint density at radius 2 is 0.717 bits per heavy atom. The first kappa shape index (κ1) is 55.0. The van der Waals surface area contributed by atoms with Crippen molar-refractivity contribution in [2.45, 2.75) is 0 Å². The highest BCUT2D eigenvalue weighted by atomic mass is 16.2. The fourth-order valence-electron chi connectivity index (χ4n) is 16.7. The van der Waals surface area contributed by atoms with Crippen LogP contribution in [0.2, 0.25) is 0 Å². The van der Waals surface area contributed by atoms with Gasteiger partial charge in [-0.05, 0) is 228 Å². The predicted molar refractivity (Wildman–Crippen MR) is 409 cm³/mol. The van der Waals surface area contributed by atoms with Crippen molar-refractivity contribution in [3.63, 3.8) is 0 Å². The van der Waals surface area contributed by atoms with Gasteiger partial charge in [-0.3, -0.25) is 9.13 Å². The van der Waals surface area contributed by atoms with Crippen molar-refractivity contribution < 1.29 is 0 Å². The quantitative estimate of drug-likeness (QED) is 0.149. The lowest BCUT2D eigenvalue weighted by atomic mass is 9.82. The SMILES string of the molecule is Cn1c(=O)n2c3ccccc3nc2c2ccc(-c3ccc4c5c(cccc35)-c3c-4c(-c4cccc(-c5ccc6c(c5)c(-c5ccccc5)cc5c7ccccc7c(-c7ccc8c(c7)n(-c7ccccc7)c(=O)n7c9ccccc9nc87)cc65)c4)c4ccccc4c3-c3ccccc3)cc21. The van der Waals surface area contributed by atoms with E-state index < -0.39 is 0 Å². The summed E-state index contributed by atoms with van der Waals surface area (Å²) >= 11 is 0. The molecule has 0 saturated carbocycles. The molecular weight excluding hydrogens is 1210 g/mol. The number of hydrogen-bond acceptors (Lipinski definition) is 4. The summed E-state index contributed by atoms with van der Waals surface area (Å²) in [4.78, 5) is 39.3. The van der Waals surface area contributed by atoms with Gasteiger partial charge in [-0.25, -0.2) is 28.4 Å². The van der Waals surface area contributed by atoms with Crippen LogP contribution in [-0.4, -0.2) is 27.9 Å². The molecule has 99 heavy (non-hydrogen) atoms. The molecule has 0 N–H and O–H groups in total. The topological polar surface area (TPSA) is 78.6 Å². The molecule has 8 heteroatoms. The van der Waals surface area contributed by atoms with Crippen molar-refractivity contribution in [3.8, 4) is 94.7 Å². The third kappa shape index (κ3) is 7.91. The molecule has 0 radical (unpaired) electrons. The molecule has 0 saturated heterocycles. The minimum atomic E-state index is -0.171. The Bertz CT molecular complexity index is 7080. The summed E-state index contributed by atoms with van der Waals surface area (Å²) in [7, 11) is 1.86. The van der Waals surface area contributed by atoms with Crippen LogP contribution in [0.15, 0.2) is 319 Å². The van der Waals surface area contributed by atoms with Crippen LogP contribution in [0.5, 0.6) is 0 Å². The zero-order chi connectivity index (χ0) is 65.3. The highest BCUT2D eigenvalue weighted by Crippen LogP contribution is 2.59. The van der Waals surface area contributed by atoms with Gasteiger partial charge in [0.15, 0.2) is 11.3 Å². The van der Waals surface area contributed by atoms with Gasteiger partial charge in [-0.15, -0.1) is 0 Å². The number of nitrogens with zero attached hydrogens (tertiary/aromatic N) is 6. The van der Waals surface area contributed by atoms with Crippen molar-refractivity contribution >= 4 is 109 Å². The Hall–Kier alpha value is -13.3. The van der Waals surface area contributed by atoms with E-state index in [2.05, 4.69) is 231 Å². The van der Waals surface area contributed by atoms with E-state index in [1.54, 1.807) is 13.4 Å².